The molecule has 0 aliphatic carbocycles. The fraction of sp³-hybridized carbons (Fsp3) is 0.333. The van der Waals surface area contributed by atoms with Gasteiger partial charge < -0.3 is 9.63 Å². The summed E-state index contributed by atoms with van der Waals surface area (Å²) in [7, 11) is -2.20. The first kappa shape index (κ1) is 14.5. The highest BCUT2D eigenvalue weighted by Crippen LogP contribution is 2.62. The predicted octanol–water partition coefficient (Wildman–Crippen LogP) is 3.13. The molecule has 0 spiro atoms. The van der Waals surface area contributed by atoms with Gasteiger partial charge in [0.05, 0.1) is 0 Å². The Morgan fingerprint density at radius 3 is 2.47 bits per heavy atom. The largest absolute Gasteiger partial charge is 0.374 e. The molecule has 1 aromatic rings. The fourth-order valence-electron chi connectivity index (χ4n) is 1.47. The molecular weight excluding hydrogens is 303 g/mol. The molecule has 1 rings (SSSR count). The Kier molecular flexibility index (Phi) is 4.97. The van der Waals surface area contributed by atoms with Gasteiger partial charge in [-0.05, 0) is 18.1 Å². The zero-order chi connectivity index (χ0) is 12.9. The molecule has 0 radical (unpaired) electrons. The molecule has 2 atom stereocenters. The predicted molar refractivity (Wildman–Crippen MR) is 72.2 cm³/mol. The van der Waals surface area contributed by atoms with Gasteiger partial charge in [-0.15, -0.1) is 0 Å². The van der Waals surface area contributed by atoms with Gasteiger partial charge in [-0.1, -0.05) is 52.2 Å². The van der Waals surface area contributed by atoms with Crippen molar-refractivity contribution in [3.05, 3.63) is 35.9 Å². The Hall–Kier alpha value is -0.590. The Morgan fingerprint density at radius 1 is 1.47 bits per heavy atom. The molecule has 0 aromatic heterocycles. The number of hydrogen-bond donors (Lipinski definition) is 1. The van der Waals surface area contributed by atoms with E-state index in [0.29, 0.717) is 5.56 Å². The van der Waals surface area contributed by atoms with E-state index in [4.69, 9.17) is 4.52 Å². The summed E-state index contributed by atoms with van der Waals surface area (Å²) >= 11 is 3.19. The van der Waals surface area contributed by atoms with Gasteiger partial charge in [-0.25, -0.2) is 0 Å². The molecule has 0 saturated carbocycles. The van der Waals surface area contributed by atoms with Crippen LogP contribution in [-0.2, 0) is 14.4 Å². The number of benzene rings is 1. The number of rotatable bonds is 4. The van der Waals surface area contributed by atoms with Crippen LogP contribution in [0.3, 0.4) is 0 Å². The second-order valence-electron chi connectivity index (χ2n) is 3.41. The first-order valence-electron chi connectivity index (χ1n) is 4.98. The van der Waals surface area contributed by atoms with Crippen molar-refractivity contribution >= 4 is 23.3 Å². The smallest absolute Gasteiger partial charge is 0.309 e. The molecule has 0 aliphatic rings. The minimum atomic E-state index is -3.50. The van der Waals surface area contributed by atoms with E-state index in [9.17, 15) is 9.67 Å². The van der Waals surface area contributed by atoms with Crippen molar-refractivity contribution < 1.29 is 14.2 Å². The van der Waals surface area contributed by atoms with E-state index in [-0.39, 0.29) is 5.33 Å². The van der Waals surface area contributed by atoms with Crippen molar-refractivity contribution in [2.75, 3.05) is 12.4 Å². The van der Waals surface area contributed by atoms with Gasteiger partial charge in [0.2, 0.25) is 0 Å². The second-order valence-corrected chi connectivity index (χ2v) is 6.40. The fourth-order valence-corrected chi connectivity index (χ4v) is 4.30. The SMILES string of the molecule is CC#C[P@@](=O)(OC)[C@](O)(CBr)c1ccccc1. The standard InChI is InChI=1S/C12H14BrO3P/c1-3-9-17(15,16-2)12(14,10-13)11-7-5-4-6-8-11/h4-8,14H,10H2,1-2H3/t12-,17-/m1/s1. The van der Waals surface area contributed by atoms with E-state index < -0.39 is 12.7 Å². The van der Waals surface area contributed by atoms with E-state index >= 15 is 0 Å². The quantitative estimate of drug-likeness (QED) is 0.527. The molecular formula is C12H14BrO3P. The molecule has 0 saturated heterocycles. The number of alkyl halides is 1. The summed E-state index contributed by atoms with van der Waals surface area (Å²) in [6.45, 7) is 1.56. The normalized spacial score (nSPS) is 17.4. The minimum absolute atomic E-state index is 0.0871. The molecule has 3 nitrogen and oxygen atoms in total. The molecule has 17 heavy (non-hydrogen) atoms. The average Bonchev–Trinajstić information content (AvgIpc) is 2.38. The van der Waals surface area contributed by atoms with Crippen LogP contribution in [0.2, 0.25) is 0 Å². The van der Waals surface area contributed by atoms with Gasteiger partial charge >= 0.3 is 7.37 Å². The van der Waals surface area contributed by atoms with Crippen LogP contribution in [0, 0.1) is 11.6 Å². The van der Waals surface area contributed by atoms with Gasteiger partial charge in [0.25, 0.3) is 0 Å². The Bertz CT molecular complexity index is 478. The van der Waals surface area contributed by atoms with Crippen molar-refractivity contribution in [2.24, 2.45) is 0 Å². The minimum Gasteiger partial charge on any atom is -0.374 e. The summed E-state index contributed by atoms with van der Waals surface area (Å²) in [5.74, 6) is 2.55. The molecule has 0 amide bonds. The van der Waals surface area contributed by atoms with Crippen molar-refractivity contribution in [1.29, 1.82) is 0 Å². The second kappa shape index (κ2) is 5.84. The Labute approximate surface area is 110 Å². The molecule has 0 bridgehead atoms. The van der Waals surface area contributed by atoms with Crippen LogP contribution >= 0.6 is 23.3 Å². The highest BCUT2D eigenvalue weighted by atomic mass is 79.9. The lowest BCUT2D eigenvalue weighted by molar-refractivity contribution is 0.132. The summed E-state index contributed by atoms with van der Waals surface area (Å²) in [4.78, 5) is 0. The third-order valence-electron chi connectivity index (χ3n) is 2.43. The van der Waals surface area contributed by atoms with Crippen molar-refractivity contribution in [1.82, 2.24) is 0 Å². The van der Waals surface area contributed by atoms with Gasteiger partial charge in [-0.3, -0.25) is 4.57 Å². The van der Waals surface area contributed by atoms with Gasteiger partial charge in [0, 0.05) is 12.4 Å². The number of hydrogen-bond acceptors (Lipinski definition) is 3. The summed E-state index contributed by atoms with van der Waals surface area (Å²) in [5, 5.41) is 9.06. The van der Waals surface area contributed by atoms with E-state index in [1.807, 2.05) is 6.07 Å². The topological polar surface area (TPSA) is 46.5 Å². The molecule has 0 unspecified atom stereocenters. The van der Waals surface area contributed by atoms with Crippen LogP contribution in [-0.4, -0.2) is 17.5 Å². The molecule has 1 aromatic carbocycles. The van der Waals surface area contributed by atoms with Gasteiger partial charge in [-0.2, -0.15) is 0 Å². The summed E-state index contributed by atoms with van der Waals surface area (Å²) < 4.78 is 17.6. The maximum Gasteiger partial charge on any atom is 0.309 e. The zero-order valence-corrected chi connectivity index (χ0v) is 12.2. The van der Waals surface area contributed by atoms with Crippen molar-refractivity contribution in [3.63, 3.8) is 0 Å². The lowest BCUT2D eigenvalue weighted by Gasteiger charge is -2.30. The van der Waals surface area contributed by atoms with E-state index in [1.54, 1.807) is 31.2 Å². The van der Waals surface area contributed by atoms with Crippen LogP contribution < -0.4 is 0 Å². The maximum absolute atomic E-state index is 12.6. The number of aliphatic hydroxyl groups is 1. The van der Waals surface area contributed by atoms with Crippen LogP contribution in [0.5, 0.6) is 0 Å². The highest BCUT2D eigenvalue weighted by Gasteiger charge is 2.47. The van der Waals surface area contributed by atoms with E-state index in [1.165, 1.54) is 7.11 Å². The molecule has 5 heteroatoms. The lowest BCUT2D eigenvalue weighted by atomic mass is 10.1. The molecule has 0 fully saturated rings. The Balaban J connectivity index is 3.38. The van der Waals surface area contributed by atoms with Crippen LogP contribution in [0.25, 0.3) is 0 Å². The maximum atomic E-state index is 12.6. The van der Waals surface area contributed by atoms with E-state index in [0.717, 1.165) is 0 Å². The number of halogens is 1. The van der Waals surface area contributed by atoms with Crippen molar-refractivity contribution in [3.8, 4) is 11.6 Å². The molecule has 1 N–H and O–H groups in total. The molecule has 0 heterocycles. The Morgan fingerprint density at radius 2 is 2.06 bits per heavy atom. The van der Waals surface area contributed by atoms with Crippen LogP contribution in [0.15, 0.2) is 30.3 Å². The molecule has 92 valence electrons. The summed E-state index contributed by atoms with van der Waals surface area (Å²) in [6.07, 6.45) is 0. The monoisotopic (exact) mass is 316 g/mol. The van der Waals surface area contributed by atoms with Gasteiger partial charge in [0.1, 0.15) is 0 Å². The average molecular weight is 317 g/mol. The molecule has 0 aliphatic heterocycles. The zero-order valence-electron chi connectivity index (χ0n) is 9.68. The van der Waals surface area contributed by atoms with E-state index in [2.05, 4.69) is 27.5 Å². The first-order chi connectivity index (χ1) is 8.04. The van der Waals surface area contributed by atoms with Gasteiger partial charge in [0.15, 0.2) is 5.34 Å². The van der Waals surface area contributed by atoms with Crippen LogP contribution in [0.1, 0.15) is 12.5 Å². The van der Waals surface area contributed by atoms with Crippen LogP contribution in [0.4, 0.5) is 0 Å². The highest BCUT2D eigenvalue weighted by molar-refractivity contribution is 9.09. The lowest BCUT2D eigenvalue weighted by Crippen LogP contribution is -2.27. The first-order valence-corrected chi connectivity index (χ1v) is 7.72. The third-order valence-corrected chi connectivity index (χ3v) is 6.09. The summed E-state index contributed by atoms with van der Waals surface area (Å²) in [6, 6.07) is 8.75. The van der Waals surface area contributed by atoms with Crippen molar-refractivity contribution in [2.45, 2.75) is 12.3 Å². The summed E-state index contributed by atoms with van der Waals surface area (Å²) in [5.41, 5.74) is 3.02. The third kappa shape index (κ3) is 2.64.